The Bertz CT molecular complexity index is 681. The van der Waals surface area contributed by atoms with Gasteiger partial charge in [-0.2, -0.15) is 0 Å². The van der Waals surface area contributed by atoms with Crippen LogP contribution in [0.25, 0.3) is 0 Å². The number of benzene rings is 1. The lowest BCUT2D eigenvalue weighted by atomic mass is 10.0. The molecule has 1 aliphatic heterocycles. The number of nitrogens with zero attached hydrogens (tertiary/aromatic N) is 1. The molecule has 0 saturated carbocycles. The van der Waals surface area contributed by atoms with E-state index in [0.29, 0.717) is 5.56 Å². The van der Waals surface area contributed by atoms with Gasteiger partial charge in [0.15, 0.2) is 0 Å². The standard InChI is InChI=1S/C19H26FN3O4/c1-23(2)11-19(26)22-16-8-7-14(27-17(16)12-24)9-18(25)21-10-13-5-3-4-6-15(13)20/h3-8,14,16-17,24H,9-12H2,1-2H3,(H,21,25)(H,22,26)/t14-,16-,17+/m1/s1. The molecule has 0 aromatic heterocycles. The zero-order valence-electron chi connectivity index (χ0n) is 15.5. The molecule has 3 N–H and O–H groups in total. The Morgan fingerprint density at radius 3 is 2.63 bits per heavy atom. The van der Waals surface area contributed by atoms with E-state index in [1.165, 1.54) is 6.07 Å². The zero-order valence-corrected chi connectivity index (χ0v) is 15.5. The lowest BCUT2D eigenvalue weighted by Gasteiger charge is -2.32. The number of nitrogens with one attached hydrogen (secondary N) is 2. The highest BCUT2D eigenvalue weighted by Crippen LogP contribution is 2.16. The highest BCUT2D eigenvalue weighted by Gasteiger charge is 2.29. The van der Waals surface area contributed by atoms with Gasteiger partial charge < -0.3 is 25.4 Å². The first kappa shape index (κ1) is 21.0. The number of likely N-dealkylation sites (N-methyl/N-ethyl adjacent to an activating group) is 1. The van der Waals surface area contributed by atoms with E-state index < -0.39 is 18.2 Å². The third-order valence-electron chi connectivity index (χ3n) is 4.07. The number of rotatable bonds is 8. The van der Waals surface area contributed by atoms with Crippen LogP contribution < -0.4 is 10.6 Å². The number of hydrogen-bond acceptors (Lipinski definition) is 5. The van der Waals surface area contributed by atoms with Crippen LogP contribution in [0, 0.1) is 5.82 Å². The van der Waals surface area contributed by atoms with Crippen LogP contribution in [0.15, 0.2) is 36.4 Å². The molecule has 148 valence electrons. The lowest BCUT2D eigenvalue weighted by molar-refractivity contribution is -0.128. The van der Waals surface area contributed by atoms with Crippen molar-refractivity contribution < 1.29 is 23.8 Å². The van der Waals surface area contributed by atoms with E-state index in [2.05, 4.69) is 10.6 Å². The average Bonchev–Trinajstić information content (AvgIpc) is 2.61. The van der Waals surface area contributed by atoms with Gasteiger partial charge in [0.2, 0.25) is 11.8 Å². The summed E-state index contributed by atoms with van der Waals surface area (Å²) >= 11 is 0. The van der Waals surface area contributed by atoms with E-state index in [0.717, 1.165) is 0 Å². The summed E-state index contributed by atoms with van der Waals surface area (Å²) in [5.74, 6) is -0.847. The van der Waals surface area contributed by atoms with Crippen molar-refractivity contribution in [1.29, 1.82) is 0 Å². The summed E-state index contributed by atoms with van der Waals surface area (Å²) in [6.45, 7) is 0.0313. The Kier molecular flexibility index (Phi) is 7.90. The Morgan fingerprint density at radius 1 is 1.22 bits per heavy atom. The molecule has 0 saturated heterocycles. The molecule has 0 radical (unpaired) electrons. The van der Waals surface area contributed by atoms with E-state index in [4.69, 9.17) is 4.74 Å². The third-order valence-corrected chi connectivity index (χ3v) is 4.07. The monoisotopic (exact) mass is 379 g/mol. The van der Waals surface area contributed by atoms with Gasteiger partial charge in [0, 0.05) is 12.1 Å². The quantitative estimate of drug-likeness (QED) is 0.561. The fourth-order valence-corrected chi connectivity index (χ4v) is 2.75. The number of aliphatic hydroxyl groups excluding tert-OH is 1. The van der Waals surface area contributed by atoms with E-state index >= 15 is 0 Å². The molecule has 0 aliphatic carbocycles. The average molecular weight is 379 g/mol. The predicted octanol–water partition coefficient (Wildman–Crippen LogP) is 0.194. The van der Waals surface area contributed by atoms with Gasteiger partial charge in [-0.15, -0.1) is 0 Å². The van der Waals surface area contributed by atoms with E-state index in [1.54, 1.807) is 49.3 Å². The van der Waals surface area contributed by atoms with Gasteiger partial charge in [-0.3, -0.25) is 9.59 Å². The molecule has 0 unspecified atom stereocenters. The van der Waals surface area contributed by atoms with Crippen LogP contribution in [-0.2, 0) is 20.9 Å². The predicted molar refractivity (Wildman–Crippen MR) is 98.2 cm³/mol. The second-order valence-electron chi connectivity index (χ2n) is 6.68. The summed E-state index contributed by atoms with van der Waals surface area (Å²) in [7, 11) is 3.57. The zero-order chi connectivity index (χ0) is 19.8. The first-order valence-electron chi connectivity index (χ1n) is 8.78. The van der Waals surface area contributed by atoms with Crippen LogP contribution in [-0.4, -0.2) is 67.3 Å². The minimum atomic E-state index is -0.634. The van der Waals surface area contributed by atoms with Crippen molar-refractivity contribution in [2.75, 3.05) is 27.2 Å². The smallest absolute Gasteiger partial charge is 0.234 e. The summed E-state index contributed by atoms with van der Waals surface area (Å²) < 4.78 is 19.3. The van der Waals surface area contributed by atoms with Gasteiger partial charge in [-0.1, -0.05) is 30.4 Å². The van der Waals surface area contributed by atoms with Crippen molar-refractivity contribution in [3.8, 4) is 0 Å². The normalized spacial score (nSPS) is 21.9. The number of ether oxygens (including phenoxy) is 1. The molecule has 0 bridgehead atoms. The fraction of sp³-hybridized carbons (Fsp3) is 0.474. The Labute approximate surface area is 158 Å². The van der Waals surface area contributed by atoms with Crippen LogP contribution in [0.1, 0.15) is 12.0 Å². The van der Waals surface area contributed by atoms with Crippen LogP contribution in [0.4, 0.5) is 4.39 Å². The molecule has 8 heteroatoms. The van der Waals surface area contributed by atoms with Crippen molar-refractivity contribution in [1.82, 2.24) is 15.5 Å². The molecular weight excluding hydrogens is 353 g/mol. The number of hydrogen-bond donors (Lipinski definition) is 3. The van der Waals surface area contributed by atoms with Crippen LogP contribution in [0.5, 0.6) is 0 Å². The van der Waals surface area contributed by atoms with Crippen molar-refractivity contribution in [2.24, 2.45) is 0 Å². The van der Waals surface area contributed by atoms with Gasteiger partial charge in [0.1, 0.15) is 11.9 Å². The molecule has 1 aliphatic rings. The van der Waals surface area contributed by atoms with Crippen molar-refractivity contribution in [3.63, 3.8) is 0 Å². The molecule has 1 aromatic rings. The van der Waals surface area contributed by atoms with Gasteiger partial charge in [0.05, 0.1) is 31.7 Å². The van der Waals surface area contributed by atoms with Crippen molar-refractivity contribution in [2.45, 2.75) is 31.2 Å². The maximum absolute atomic E-state index is 13.6. The third kappa shape index (κ3) is 6.74. The molecule has 7 nitrogen and oxygen atoms in total. The first-order valence-corrected chi connectivity index (χ1v) is 8.78. The van der Waals surface area contributed by atoms with E-state index in [1.807, 2.05) is 0 Å². The number of halogens is 1. The van der Waals surface area contributed by atoms with E-state index in [9.17, 15) is 19.1 Å². The Balaban J connectivity index is 1.85. The summed E-state index contributed by atoms with van der Waals surface area (Å²) in [6, 6.07) is 5.78. The second kappa shape index (κ2) is 10.1. The van der Waals surface area contributed by atoms with E-state index in [-0.39, 0.29) is 43.7 Å². The summed E-state index contributed by atoms with van der Waals surface area (Å²) in [5, 5.41) is 15.0. The number of aliphatic hydroxyl groups is 1. The minimum Gasteiger partial charge on any atom is -0.394 e. The van der Waals surface area contributed by atoms with Crippen molar-refractivity contribution in [3.05, 3.63) is 47.8 Å². The molecule has 0 spiro atoms. The fourth-order valence-electron chi connectivity index (χ4n) is 2.75. The summed E-state index contributed by atoms with van der Waals surface area (Å²) in [4.78, 5) is 25.7. The lowest BCUT2D eigenvalue weighted by Crippen LogP contribution is -2.50. The highest BCUT2D eigenvalue weighted by atomic mass is 19.1. The molecule has 2 amide bonds. The van der Waals surface area contributed by atoms with Gasteiger partial charge in [0.25, 0.3) is 0 Å². The molecular formula is C19H26FN3O4. The largest absolute Gasteiger partial charge is 0.394 e. The second-order valence-corrected chi connectivity index (χ2v) is 6.68. The first-order chi connectivity index (χ1) is 12.9. The van der Waals surface area contributed by atoms with Crippen LogP contribution >= 0.6 is 0 Å². The topological polar surface area (TPSA) is 90.9 Å². The molecule has 27 heavy (non-hydrogen) atoms. The van der Waals surface area contributed by atoms with Crippen molar-refractivity contribution >= 4 is 11.8 Å². The molecule has 1 heterocycles. The molecule has 0 fully saturated rings. The maximum atomic E-state index is 13.6. The number of amides is 2. The highest BCUT2D eigenvalue weighted by molar-refractivity contribution is 5.78. The van der Waals surface area contributed by atoms with Gasteiger partial charge >= 0.3 is 0 Å². The molecule has 2 rings (SSSR count). The van der Waals surface area contributed by atoms with Crippen LogP contribution in [0.3, 0.4) is 0 Å². The van der Waals surface area contributed by atoms with Gasteiger partial charge in [-0.05, 0) is 20.2 Å². The minimum absolute atomic E-state index is 0.0415. The van der Waals surface area contributed by atoms with Crippen LogP contribution in [0.2, 0.25) is 0 Å². The summed E-state index contributed by atoms with van der Waals surface area (Å²) in [5.41, 5.74) is 0.405. The summed E-state index contributed by atoms with van der Waals surface area (Å²) in [6.07, 6.45) is 2.30. The Hall–Kier alpha value is -2.29. The van der Waals surface area contributed by atoms with Gasteiger partial charge in [-0.25, -0.2) is 4.39 Å². The Morgan fingerprint density at radius 2 is 1.96 bits per heavy atom. The maximum Gasteiger partial charge on any atom is 0.234 e. The SMILES string of the molecule is CN(C)CC(=O)N[C@@H]1C=C[C@H](CC(=O)NCc2ccccc2F)O[C@H]1CO. The molecule has 1 aromatic carbocycles. The number of carbonyl (C=O) groups excluding carboxylic acids is 2. The molecule has 3 atom stereocenters. The number of carbonyl (C=O) groups is 2.